The van der Waals surface area contributed by atoms with Crippen LogP contribution in [0.25, 0.3) is 6.08 Å². The number of hydrogen-bond donors (Lipinski definition) is 1. The van der Waals surface area contributed by atoms with Crippen molar-refractivity contribution in [1.82, 2.24) is 0 Å². The minimum atomic E-state index is -0.263. The van der Waals surface area contributed by atoms with Gasteiger partial charge in [-0.15, -0.1) is 0 Å². The van der Waals surface area contributed by atoms with Crippen molar-refractivity contribution in [1.29, 1.82) is 0 Å². The molecule has 2 atom stereocenters. The maximum Gasteiger partial charge on any atom is 0.331 e. The molecule has 2 rings (SSSR count). The van der Waals surface area contributed by atoms with E-state index in [1.54, 1.807) is 13.2 Å². The summed E-state index contributed by atoms with van der Waals surface area (Å²) in [4.78, 5) is 13.2. The lowest BCUT2D eigenvalue weighted by Crippen LogP contribution is -3.11. The molecule has 1 aromatic carbocycles. The van der Waals surface area contributed by atoms with Gasteiger partial charge in [0.25, 0.3) is 0 Å². The predicted octanol–water partition coefficient (Wildman–Crippen LogP) is 0.929. The number of rotatable bonds is 4. The molecular formula is C16H22NO3+. The third kappa shape index (κ3) is 4.38. The molecule has 0 bridgehead atoms. The van der Waals surface area contributed by atoms with Gasteiger partial charge in [0, 0.05) is 12.5 Å². The number of ether oxygens (including phenoxy) is 2. The zero-order valence-electron chi connectivity index (χ0n) is 12.1. The van der Waals surface area contributed by atoms with Crippen LogP contribution < -0.4 is 9.64 Å². The first-order valence-electron chi connectivity index (χ1n) is 7.01. The Bertz CT molecular complexity index is 467. The van der Waals surface area contributed by atoms with Gasteiger partial charge in [-0.2, -0.15) is 0 Å². The van der Waals surface area contributed by atoms with E-state index in [4.69, 9.17) is 9.47 Å². The van der Waals surface area contributed by atoms with Gasteiger partial charge in [0.2, 0.25) is 0 Å². The van der Waals surface area contributed by atoms with Gasteiger partial charge in [-0.3, -0.25) is 0 Å². The highest BCUT2D eigenvalue weighted by Crippen LogP contribution is 2.12. The van der Waals surface area contributed by atoms with Crippen molar-refractivity contribution in [2.24, 2.45) is 0 Å². The molecule has 108 valence electrons. The number of hydrogen-bond acceptors (Lipinski definition) is 3. The van der Waals surface area contributed by atoms with Crippen LogP contribution in [0.4, 0.5) is 0 Å². The zero-order valence-corrected chi connectivity index (χ0v) is 12.1. The first kappa shape index (κ1) is 14.6. The quantitative estimate of drug-likeness (QED) is 0.657. The third-order valence-electron chi connectivity index (χ3n) is 3.52. The van der Waals surface area contributed by atoms with Gasteiger partial charge in [0.05, 0.1) is 20.7 Å². The van der Waals surface area contributed by atoms with Crippen LogP contribution >= 0.6 is 0 Å². The molecule has 2 unspecified atom stereocenters. The summed E-state index contributed by atoms with van der Waals surface area (Å²) in [6.45, 7) is 2.07. The molecule has 1 N–H and O–H groups in total. The average molecular weight is 276 g/mol. The molecule has 1 heterocycles. The molecular weight excluding hydrogens is 254 g/mol. The highest BCUT2D eigenvalue weighted by atomic mass is 16.5. The Labute approximate surface area is 120 Å². The topological polar surface area (TPSA) is 40.0 Å². The molecule has 20 heavy (non-hydrogen) atoms. The summed E-state index contributed by atoms with van der Waals surface area (Å²) in [5.41, 5.74) is 0.953. The highest BCUT2D eigenvalue weighted by molar-refractivity contribution is 5.87. The van der Waals surface area contributed by atoms with Crippen molar-refractivity contribution in [2.45, 2.75) is 18.9 Å². The van der Waals surface area contributed by atoms with Crippen LogP contribution in [0, 0.1) is 0 Å². The molecule has 1 fully saturated rings. The summed E-state index contributed by atoms with van der Waals surface area (Å²) in [6, 6.07) is 7.54. The van der Waals surface area contributed by atoms with Crippen molar-refractivity contribution in [2.75, 3.05) is 27.2 Å². The molecule has 1 saturated heterocycles. The van der Waals surface area contributed by atoms with Gasteiger partial charge in [0.15, 0.2) is 6.10 Å². The maximum atomic E-state index is 11.8. The molecule has 1 aliphatic rings. The fourth-order valence-corrected chi connectivity index (χ4v) is 2.41. The summed E-state index contributed by atoms with van der Waals surface area (Å²) in [5.74, 6) is 0.540. The Morgan fingerprint density at radius 2 is 2.10 bits per heavy atom. The number of likely N-dealkylation sites (tertiary alicyclic amines) is 1. The maximum absolute atomic E-state index is 11.8. The summed E-state index contributed by atoms with van der Waals surface area (Å²) in [6.07, 6.45) is 5.40. The van der Waals surface area contributed by atoms with Gasteiger partial charge in [-0.05, 0) is 30.2 Å². The molecule has 0 amide bonds. The van der Waals surface area contributed by atoms with Crippen LogP contribution in [0.15, 0.2) is 30.3 Å². The predicted molar refractivity (Wildman–Crippen MR) is 77.8 cm³/mol. The van der Waals surface area contributed by atoms with Crippen molar-refractivity contribution < 1.29 is 19.2 Å². The molecule has 0 aliphatic carbocycles. The Morgan fingerprint density at radius 3 is 2.75 bits per heavy atom. The number of quaternary nitrogens is 1. The number of likely N-dealkylation sites (N-methyl/N-ethyl adjacent to an activating group) is 1. The molecule has 1 aliphatic heterocycles. The summed E-state index contributed by atoms with van der Waals surface area (Å²) < 4.78 is 10.5. The van der Waals surface area contributed by atoms with E-state index >= 15 is 0 Å². The smallest absolute Gasteiger partial charge is 0.331 e. The van der Waals surface area contributed by atoms with Gasteiger partial charge < -0.3 is 14.4 Å². The number of esters is 1. The molecule has 4 nitrogen and oxygen atoms in total. The molecule has 0 saturated carbocycles. The molecule has 0 radical (unpaired) electrons. The molecule has 0 aromatic heterocycles. The van der Waals surface area contributed by atoms with Crippen LogP contribution in [0.5, 0.6) is 5.75 Å². The number of benzene rings is 1. The van der Waals surface area contributed by atoms with E-state index in [-0.39, 0.29) is 12.1 Å². The van der Waals surface area contributed by atoms with Crippen LogP contribution in [0.1, 0.15) is 18.4 Å². The minimum absolute atomic E-state index is 0.0526. The van der Waals surface area contributed by atoms with Crippen LogP contribution in [0.3, 0.4) is 0 Å². The molecule has 0 spiro atoms. The molecule has 1 aromatic rings. The number of piperidine rings is 1. The van der Waals surface area contributed by atoms with E-state index in [9.17, 15) is 4.79 Å². The zero-order chi connectivity index (χ0) is 14.4. The Morgan fingerprint density at radius 1 is 1.35 bits per heavy atom. The van der Waals surface area contributed by atoms with Crippen molar-refractivity contribution >= 4 is 12.0 Å². The monoisotopic (exact) mass is 276 g/mol. The van der Waals surface area contributed by atoms with E-state index in [0.717, 1.165) is 37.2 Å². The van der Waals surface area contributed by atoms with Crippen LogP contribution in [-0.2, 0) is 9.53 Å². The summed E-state index contributed by atoms with van der Waals surface area (Å²) in [5, 5.41) is 0. The van der Waals surface area contributed by atoms with Crippen molar-refractivity contribution in [3.8, 4) is 5.75 Å². The summed E-state index contributed by atoms with van der Waals surface area (Å²) in [7, 11) is 3.76. The largest absolute Gasteiger partial charge is 0.497 e. The number of carbonyl (C=O) groups is 1. The van der Waals surface area contributed by atoms with Gasteiger partial charge in [0.1, 0.15) is 12.3 Å². The standard InChI is InChI=1S/C16H21NO3/c1-17-11-3-4-15(12-17)20-16(18)10-7-13-5-8-14(19-2)9-6-13/h5-10,15H,3-4,11-12H2,1-2H3/p+1. The van der Waals surface area contributed by atoms with Crippen molar-refractivity contribution in [3.63, 3.8) is 0 Å². The first-order valence-corrected chi connectivity index (χ1v) is 7.01. The number of nitrogens with one attached hydrogen (secondary N) is 1. The minimum Gasteiger partial charge on any atom is -0.497 e. The van der Waals surface area contributed by atoms with E-state index in [0.29, 0.717) is 0 Å². The van der Waals surface area contributed by atoms with E-state index in [1.165, 1.54) is 11.0 Å². The number of carbonyl (C=O) groups excluding carboxylic acids is 1. The average Bonchev–Trinajstić information content (AvgIpc) is 2.46. The Balaban J connectivity index is 1.85. The van der Waals surface area contributed by atoms with Crippen LogP contribution in [0.2, 0.25) is 0 Å². The lowest BCUT2D eigenvalue weighted by atomic mass is 10.1. The van der Waals surface area contributed by atoms with E-state index in [2.05, 4.69) is 7.05 Å². The van der Waals surface area contributed by atoms with Gasteiger partial charge in [-0.1, -0.05) is 12.1 Å². The summed E-state index contributed by atoms with van der Waals surface area (Å²) >= 11 is 0. The second kappa shape index (κ2) is 7.10. The van der Waals surface area contributed by atoms with Crippen LogP contribution in [-0.4, -0.2) is 39.3 Å². The highest BCUT2D eigenvalue weighted by Gasteiger charge is 2.22. The normalized spacial score (nSPS) is 22.7. The van der Waals surface area contributed by atoms with E-state index in [1.807, 2.05) is 24.3 Å². The second-order valence-electron chi connectivity index (χ2n) is 5.22. The fourth-order valence-electron chi connectivity index (χ4n) is 2.41. The third-order valence-corrected chi connectivity index (χ3v) is 3.52. The Hall–Kier alpha value is -1.81. The number of methoxy groups -OCH3 is 1. The second-order valence-corrected chi connectivity index (χ2v) is 5.22. The fraction of sp³-hybridized carbons (Fsp3) is 0.438. The molecule has 4 heteroatoms. The Kier molecular flexibility index (Phi) is 5.18. The lowest BCUT2D eigenvalue weighted by Gasteiger charge is -2.26. The van der Waals surface area contributed by atoms with Crippen molar-refractivity contribution in [3.05, 3.63) is 35.9 Å². The lowest BCUT2D eigenvalue weighted by molar-refractivity contribution is -0.888. The van der Waals surface area contributed by atoms with Gasteiger partial charge >= 0.3 is 5.97 Å². The van der Waals surface area contributed by atoms with Gasteiger partial charge in [-0.25, -0.2) is 4.79 Å². The first-order chi connectivity index (χ1) is 9.67. The van der Waals surface area contributed by atoms with E-state index < -0.39 is 0 Å². The SMILES string of the molecule is COc1ccc(C=CC(=O)OC2CCC[NH+](C)C2)cc1.